The third-order valence-corrected chi connectivity index (χ3v) is 1.85. The van der Waals surface area contributed by atoms with Crippen molar-refractivity contribution in [3.05, 3.63) is 30.1 Å². The van der Waals surface area contributed by atoms with E-state index >= 15 is 0 Å². The summed E-state index contributed by atoms with van der Waals surface area (Å²) in [6.07, 6.45) is 5.60. The third kappa shape index (κ3) is 3.80. The van der Waals surface area contributed by atoms with Crippen molar-refractivity contribution in [2.45, 2.75) is 19.3 Å². The zero-order chi connectivity index (χ0) is 9.52. The number of Topliss-reactive ketones (excluding diaryl/α,β-unsaturated/α-hetero) is 1. The molecule has 0 atom stereocenters. The van der Waals surface area contributed by atoms with Crippen LogP contribution in [0.4, 0.5) is 0 Å². The predicted octanol–water partition coefficient (Wildman–Crippen LogP) is 0.966. The maximum Gasteiger partial charge on any atom is 0.158 e. The van der Waals surface area contributed by atoms with Crippen LogP contribution in [0.2, 0.25) is 0 Å². The van der Waals surface area contributed by atoms with Gasteiger partial charge in [-0.05, 0) is 30.5 Å². The standard InChI is InChI=1S/C10H13NO2/c12-8-10(13)3-1-2-9-4-6-11-7-5-9/h4-7,12H,1-3,8H2. The van der Waals surface area contributed by atoms with Gasteiger partial charge in [-0.15, -0.1) is 0 Å². The number of carbonyl (C=O) groups excluding carboxylic acids is 1. The quantitative estimate of drug-likeness (QED) is 0.732. The van der Waals surface area contributed by atoms with Crippen LogP contribution in [0, 0.1) is 0 Å². The Kier molecular flexibility index (Phi) is 4.12. The summed E-state index contributed by atoms with van der Waals surface area (Å²) in [4.78, 5) is 14.6. The molecule has 70 valence electrons. The molecule has 0 unspecified atom stereocenters. The zero-order valence-corrected chi connectivity index (χ0v) is 7.44. The van der Waals surface area contributed by atoms with Crippen LogP contribution >= 0.6 is 0 Å². The fourth-order valence-corrected chi connectivity index (χ4v) is 1.12. The Morgan fingerprint density at radius 3 is 2.69 bits per heavy atom. The fraction of sp³-hybridized carbons (Fsp3) is 0.400. The molecule has 3 nitrogen and oxygen atoms in total. The Bertz CT molecular complexity index is 259. The van der Waals surface area contributed by atoms with Crippen LogP contribution in [0.5, 0.6) is 0 Å². The number of nitrogens with zero attached hydrogens (tertiary/aromatic N) is 1. The summed E-state index contributed by atoms with van der Waals surface area (Å²) in [6.45, 7) is -0.337. The monoisotopic (exact) mass is 179 g/mol. The molecule has 0 amide bonds. The first kappa shape index (κ1) is 9.86. The van der Waals surface area contributed by atoms with Crippen molar-refractivity contribution in [3.8, 4) is 0 Å². The first-order valence-corrected chi connectivity index (χ1v) is 4.34. The van der Waals surface area contributed by atoms with Crippen molar-refractivity contribution in [3.63, 3.8) is 0 Å². The molecule has 1 N–H and O–H groups in total. The van der Waals surface area contributed by atoms with Crippen molar-refractivity contribution in [2.24, 2.45) is 0 Å². The predicted molar refractivity (Wildman–Crippen MR) is 49.3 cm³/mol. The molecule has 0 saturated heterocycles. The van der Waals surface area contributed by atoms with Crippen molar-refractivity contribution in [1.82, 2.24) is 4.98 Å². The minimum Gasteiger partial charge on any atom is -0.389 e. The Balaban J connectivity index is 2.24. The minimum atomic E-state index is -0.337. The molecule has 0 saturated carbocycles. The molecular formula is C10H13NO2. The normalized spacial score (nSPS) is 9.92. The number of aliphatic hydroxyl groups is 1. The second kappa shape index (κ2) is 5.43. The van der Waals surface area contributed by atoms with Crippen molar-refractivity contribution in [1.29, 1.82) is 0 Å². The van der Waals surface area contributed by atoms with E-state index < -0.39 is 0 Å². The van der Waals surface area contributed by atoms with Gasteiger partial charge in [-0.25, -0.2) is 0 Å². The highest BCUT2D eigenvalue weighted by atomic mass is 16.3. The van der Waals surface area contributed by atoms with E-state index in [1.165, 1.54) is 5.56 Å². The summed E-state index contributed by atoms with van der Waals surface area (Å²) in [5.74, 6) is -0.0888. The fourth-order valence-electron chi connectivity index (χ4n) is 1.12. The van der Waals surface area contributed by atoms with Crippen molar-refractivity contribution < 1.29 is 9.90 Å². The van der Waals surface area contributed by atoms with E-state index in [0.717, 1.165) is 12.8 Å². The number of ketones is 1. The van der Waals surface area contributed by atoms with E-state index in [-0.39, 0.29) is 12.4 Å². The number of hydrogen-bond donors (Lipinski definition) is 1. The highest BCUT2D eigenvalue weighted by Gasteiger charge is 1.99. The largest absolute Gasteiger partial charge is 0.389 e. The van der Waals surface area contributed by atoms with Crippen molar-refractivity contribution >= 4 is 5.78 Å². The summed E-state index contributed by atoms with van der Waals surface area (Å²) in [5, 5.41) is 8.47. The maximum atomic E-state index is 10.7. The van der Waals surface area contributed by atoms with Crippen LogP contribution in [-0.4, -0.2) is 22.5 Å². The molecule has 0 aliphatic rings. The Labute approximate surface area is 77.4 Å². The average molecular weight is 179 g/mol. The number of pyridine rings is 1. The van der Waals surface area contributed by atoms with Gasteiger partial charge in [-0.3, -0.25) is 9.78 Å². The van der Waals surface area contributed by atoms with Crippen LogP contribution in [0.25, 0.3) is 0 Å². The van der Waals surface area contributed by atoms with Gasteiger partial charge in [0.2, 0.25) is 0 Å². The molecule has 0 aliphatic carbocycles. The summed E-state index contributed by atoms with van der Waals surface area (Å²) >= 11 is 0. The Morgan fingerprint density at radius 1 is 1.38 bits per heavy atom. The number of carbonyl (C=O) groups is 1. The summed E-state index contributed by atoms with van der Waals surface area (Å²) in [7, 11) is 0. The number of rotatable bonds is 5. The number of aliphatic hydroxyl groups excluding tert-OH is 1. The highest BCUT2D eigenvalue weighted by Crippen LogP contribution is 2.03. The van der Waals surface area contributed by atoms with Crippen LogP contribution < -0.4 is 0 Å². The first-order chi connectivity index (χ1) is 6.33. The summed E-state index contributed by atoms with van der Waals surface area (Å²) < 4.78 is 0. The van der Waals surface area contributed by atoms with Gasteiger partial charge in [0, 0.05) is 18.8 Å². The smallest absolute Gasteiger partial charge is 0.158 e. The summed E-state index contributed by atoms with van der Waals surface area (Å²) in [6, 6.07) is 3.87. The average Bonchev–Trinajstić information content (AvgIpc) is 2.19. The molecule has 1 rings (SSSR count). The topological polar surface area (TPSA) is 50.2 Å². The van der Waals surface area contributed by atoms with Crippen LogP contribution in [0.1, 0.15) is 18.4 Å². The van der Waals surface area contributed by atoms with Gasteiger partial charge in [0.25, 0.3) is 0 Å². The lowest BCUT2D eigenvalue weighted by Crippen LogP contribution is -2.03. The Morgan fingerprint density at radius 2 is 2.08 bits per heavy atom. The van der Waals surface area contributed by atoms with Crippen LogP contribution in [-0.2, 0) is 11.2 Å². The maximum absolute atomic E-state index is 10.7. The van der Waals surface area contributed by atoms with Gasteiger partial charge in [-0.1, -0.05) is 0 Å². The second-order valence-corrected chi connectivity index (χ2v) is 2.91. The molecule has 0 radical (unpaired) electrons. The third-order valence-electron chi connectivity index (χ3n) is 1.85. The molecule has 0 aromatic carbocycles. The molecule has 1 aromatic heterocycles. The number of hydrogen-bond acceptors (Lipinski definition) is 3. The molecule has 0 spiro atoms. The van der Waals surface area contributed by atoms with Gasteiger partial charge in [-0.2, -0.15) is 0 Å². The highest BCUT2D eigenvalue weighted by molar-refractivity contribution is 5.79. The molecule has 1 aromatic rings. The van der Waals surface area contributed by atoms with E-state index in [4.69, 9.17) is 5.11 Å². The molecular weight excluding hydrogens is 166 g/mol. The lowest BCUT2D eigenvalue weighted by Gasteiger charge is -1.98. The second-order valence-electron chi connectivity index (χ2n) is 2.91. The van der Waals surface area contributed by atoms with Gasteiger partial charge in [0.1, 0.15) is 6.61 Å². The molecule has 0 fully saturated rings. The lowest BCUT2D eigenvalue weighted by atomic mass is 10.1. The lowest BCUT2D eigenvalue weighted by molar-refractivity contribution is -0.121. The van der Waals surface area contributed by atoms with E-state index in [0.29, 0.717) is 6.42 Å². The van der Waals surface area contributed by atoms with Crippen LogP contribution in [0.15, 0.2) is 24.5 Å². The molecule has 13 heavy (non-hydrogen) atoms. The summed E-state index contributed by atoms with van der Waals surface area (Å²) in [5.41, 5.74) is 1.18. The van der Waals surface area contributed by atoms with Gasteiger partial charge in [0.05, 0.1) is 0 Å². The van der Waals surface area contributed by atoms with Crippen LogP contribution in [0.3, 0.4) is 0 Å². The molecule has 0 bridgehead atoms. The Hall–Kier alpha value is -1.22. The van der Waals surface area contributed by atoms with Gasteiger partial charge < -0.3 is 5.11 Å². The van der Waals surface area contributed by atoms with Gasteiger partial charge >= 0.3 is 0 Å². The molecule has 3 heteroatoms. The van der Waals surface area contributed by atoms with E-state index in [9.17, 15) is 4.79 Å². The molecule has 1 heterocycles. The number of aromatic nitrogens is 1. The van der Waals surface area contributed by atoms with E-state index in [2.05, 4.69) is 4.98 Å². The van der Waals surface area contributed by atoms with Gasteiger partial charge in [0.15, 0.2) is 5.78 Å². The zero-order valence-electron chi connectivity index (χ0n) is 7.44. The first-order valence-electron chi connectivity index (χ1n) is 4.34. The minimum absolute atomic E-state index is 0.0888. The van der Waals surface area contributed by atoms with E-state index in [1.54, 1.807) is 12.4 Å². The molecule has 0 aliphatic heterocycles. The number of aryl methyl sites for hydroxylation is 1. The van der Waals surface area contributed by atoms with Crippen molar-refractivity contribution in [2.75, 3.05) is 6.61 Å². The SMILES string of the molecule is O=C(CO)CCCc1ccncc1. The van der Waals surface area contributed by atoms with E-state index in [1.807, 2.05) is 12.1 Å².